The van der Waals surface area contributed by atoms with Gasteiger partial charge in [0.25, 0.3) is 5.91 Å². The number of benzene rings is 1. The van der Waals surface area contributed by atoms with Crippen molar-refractivity contribution in [2.45, 2.75) is 33.2 Å². The molecular formula is C24H32N4O4. The first-order valence-electron chi connectivity index (χ1n) is 11.3. The molecule has 1 atom stereocenters. The number of ether oxygens (including phenoxy) is 2. The number of fused-ring (bicyclic) bond motifs is 1. The molecule has 32 heavy (non-hydrogen) atoms. The number of carbonyl (C=O) groups excluding carboxylic acids is 1. The zero-order valence-corrected chi connectivity index (χ0v) is 19.0. The van der Waals surface area contributed by atoms with Gasteiger partial charge < -0.3 is 23.8 Å². The van der Waals surface area contributed by atoms with Crippen LogP contribution < -0.4 is 10.1 Å². The predicted octanol–water partition coefficient (Wildman–Crippen LogP) is 4.20. The number of imidazole rings is 1. The predicted molar refractivity (Wildman–Crippen MR) is 123 cm³/mol. The minimum Gasteiger partial charge on any atom is -0.490 e. The van der Waals surface area contributed by atoms with Gasteiger partial charge in [0.2, 0.25) is 0 Å². The van der Waals surface area contributed by atoms with Crippen LogP contribution in [0, 0.1) is 5.92 Å². The Labute approximate surface area is 188 Å². The summed E-state index contributed by atoms with van der Waals surface area (Å²) in [7, 11) is 0. The van der Waals surface area contributed by atoms with E-state index < -0.39 is 0 Å². The van der Waals surface area contributed by atoms with E-state index in [1.165, 1.54) is 6.26 Å². The van der Waals surface area contributed by atoms with Gasteiger partial charge in [-0.2, -0.15) is 0 Å². The highest BCUT2D eigenvalue weighted by molar-refractivity contribution is 6.04. The van der Waals surface area contributed by atoms with Crippen molar-refractivity contribution in [3.63, 3.8) is 0 Å². The average Bonchev–Trinajstić information content (AvgIpc) is 3.44. The van der Waals surface area contributed by atoms with Crippen molar-refractivity contribution >= 4 is 22.6 Å². The second-order valence-electron chi connectivity index (χ2n) is 8.70. The Bertz CT molecular complexity index is 1020. The Kier molecular flexibility index (Phi) is 7.12. The number of nitrogens with one attached hydrogen (secondary N) is 1. The summed E-state index contributed by atoms with van der Waals surface area (Å²) in [6, 6.07) is 7.49. The first-order valence-corrected chi connectivity index (χ1v) is 11.3. The molecule has 0 radical (unpaired) electrons. The van der Waals surface area contributed by atoms with Crippen LogP contribution in [0.4, 0.5) is 5.69 Å². The molecule has 172 valence electrons. The molecule has 0 spiro atoms. The van der Waals surface area contributed by atoms with Gasteiger partial charge in [0.05, 0.1) is 42.5 Å². The molecule has 8 heteroatoms. The number of amides is 1. The van der Waals surface area contributed by atoms with E-state index in [1.54, 1.807) is 12.1 Å². The maximum atomic E-state index is 12.6. The van der Waals surface area contributed by atoms with Crippen LogP contribution in [0.5, 0.6) is 5.75 Å². The molecule has 3 heterocycles. The molecule has 3 aromatic rings. The second-order valence-corrected chi connectivity index (χ2v) is 8.70. The fourth-order valence-corrected chi connectivity index (χ4v) is 4.12. The van der Waals surface area contributed by atoms with Crippen molar-refractivity contribution in [3.05, 3.63) is 42.6 Å². The minimum absolute atomic E-state index is 0.250. The first kappa shape index (κ1) is 22.4. The van der Waals surface area contributed by atoms with Gasteiger partial charge in [0.15, 0.2) is 5.76 Å². The standard InChI is InChI=1S/C24H32N4O4/c1-17(2)13-18(3)28-16-25-19-14-20(26-24(29)22-5-4-9-31-22)23(15-21(19)28)32-12-8-27-6-10-30-11-7-27/h4-5,9,14-18H,6-8,10-13H2,1-3H3,(H,26,29). The van der Waals surface area contributed by atoms with Gasteiger partial charge in [0.1, 0.15) is 12.4 Å². The highest BCUT2D eigenvalue weighted by Crippen LogP contribution is 2.33. The fraction of sp³-hybridized carbons (Fsp3) is 0.500. The summed E-state index contributed by atoms with van der Waals surface area (Å²) < 4.78 is 19.0. The highest BCUT2D eigenvalue weighted by atomic mass is 16.5. The van der Waals surface area contributed by atoms with Crippen LogP contribution >= 0.6 is 0 Å². The van der Waals surface area contributed by atoms with Gasteiger partial charge in [-0.05, 0) is 37.5 Å². The van der Waals surface area contributed by atoms with Crippen molar-refractivity contribution in [3.8, 4) is 5.75 Å². The summed E-state index contributed by atoms with van der Waals surface area (Å²) in [6.45, 7) is 11.3. The molecule has 1 unspecified atom stereocenters. The van der Waals surface area contributed by atoms with E-state index in [1.807, 2.05) is 18.5 Å². The fourth-order valence-electron chi connectivity index (χ4n) is 4.12. The molecule has 1 aliphatic heterocycles. The largest absolute Gasteiger partial charge is 0.490 e. The Hall–Kier alpha value is -2.84. The molecule has 0 aliphatic carbocycles. The van der Waals surface area contributed by atoms with Gasteiger partial charge in [-0.3, -0.25) is 9.69 Å². The van der Waals surface area contributed by atoms with Crippen molar-refractivity contribution in [2.24, 2.45) is 5.92 Å². The van der Waals surface area contributed by atoms with Gasteiger partial charge in [0, 0.05) is 31.7 Å². The van der Waals surface area contributed by atoms with Gasteiger partial charge in [-0.25, -0.2) is 4.98 Å². The molecule has 2 aromatic heterocycles. The van der Waals surface area contributed by atoms with Crippen LogP contribution in [-0.4, -0.2) is 59.8 Å². The van der Waals surface area contributed by atoms with Crippen molar-refractivity contribution < 1.29 is 18.7 Å². The van der Waals surface area contributed by atoms with E-state index in [0.29, 0.717) is 30.0 Å². The van der Waals surface area contributed by atoms with Crippen LogP contribution in [0.1, 0.15) is 43.8 Å². The van der Waals surface area contributed by atoms with Crippen LogP contribution in [0.3, 0.4) is 0 Å². The van der Waals surface area contributed by atoms with E-state index in [2.05, 4.69) is 40.5 Å². The molecule has 4 rings (SSSR count). The summed E-state index contributed by atoms with van der Waals surface area (Å²) >= 11 is 0. The Balaban J connectivity index is 1.58. The maximum Gasteiger partial charge on any atom is 0.291 e. The normalized spacial score (nSPS) is 15.9. The zero-order chi connectivity index (χ0) is 22.5. The summed E-state index contributed by atoms with van der Waals surface area (Å²) in [6.07, 6.45) is 4.40. The first-order chi connectivity index (χ1) is 15.5. The molecule has 0 saturated carbocycles. The third-order valence-electron chi connectivity index (χ3n) is 5.73. The highest BCUT2D eigenvalue weighted by Gasteiger charge is 2.18. The second kappa shape index (κ2) is 10.2. The van der Waals surface area contributed by atoms with Crippen LogP contribution in [-0.2, 0) is 4.74 Å². The minimum atomic E-state index is -0.319. The molecule has 1 aliphatic rings. The third-order valence-corrected chi connectivity index (χ3v) is 5.73. The number of anilines is 1. The number of hydrogen-bond acceptors (Lipinski definition) is 6. The van der Waals surface area contributed by atoms with E-state index in [4.69, 9.17) is 13.9 Å². The zero-order valence-electron chi connectivity index (χ0n) is 19.0. The Morgan fingerprint density at radius 2 is 2.06 bits per heavy atom. The van der Waals surface area contributed by atoms with Crippen LogP contribution in [0.15, 0.2) is 41.3 Å². The van der Waals surface area contributed by atoms with E-state index >= 15 is 0 Å². The summed E-state index contributed by atoms with van der Waals surface area (Å²) in [5, 5.41) is 2.92. The lowest BCUT2D eigenvalue weighted by atomic mass is 10.1. The Morgan fingerprint density at radius 1 is 1.25 bits per heavy atom. The molecule has 1 N–H and O–H groups in total. The SMILES string of the molecule is CC(C)CC(C)n1cnc2cc(NC(=O)c3ccco3)c(OCCN3CCOCC3)cc21. The number of morpholine rings is 1. The molecule has 1 amide bonds. The molecule has 0 bridgehead atoms. The number of carbonyl (C=O) groups is 1. The monoisotopic (exact) mass is 440 g/mol. The molecule has 1 aromatic carbocycles. The number of aromatic nitrogens is 2. The van der Waals surface area contributed by atoms with Crippen molar-refractivity contribution in [1.82, 2.24) is 14.5 Å². The number of rotatable bonds is 9. The lowest BCUT2D eigenvalue weighted by molar-refractivity contribution is 0.0323. The number of nitrogens with zero attached hydrogens (tertiary/aromatic N) is 3. The lowest BCUT2D eigenvalue weighted by Gasteiger charge is -2.26. The summed E-state index contributed by atoms with van der Waals surface area (Å²) in [5.41, 5.74) is 2.40. The van der Waals surface area contributed by atoms with Gasteiger partial charge >= 0.3 is 0 Å². The maximum absolute atomic E-state index is 12.6. The molecular weight excluding hydrogens is 408 g/mol. The Morgan fingerprint density at radius 3 is 2.78 bits per heavy atom. The van der Waals surface area contributed by atoms with Crippen molar-refractivity contribution in [1.29, 1.82) is 0 Å². The quantitative estimate of drug-likeness (QED) is 0.537. The van der Waals surface area contributed by atoms with Gasteiger partial charge in [-0.15, -0.1) is 0 Å². The number of hydrogen-bond donors (Lipinski definition) is 1. The van der Waals surface area contributed by atoms with Crippen molar-refractivity contribution in [2.75, 3.05) is 44.8 Å². The third kappa shape index (κ3) is 5.31. The lowest BCUT2D eigenvalue weighted by Crippen LogP contribution is -2.38. The topological polar surface area (TPSA) is 81.8 Å². The van der Waals surface area contributed by atoms with E-state index in [0.717, 1.165) is 50.3 Å². The summed E-state index contributed by atoms with van der Waals surface area (Å²) in [4.78, 5) is 19.5. The van der Waals surface area contributed by atoms with E-state index in [-0.39, 0.29) is 11.7 Å². The molecule has 1 fully saturated rings. The molecule has 1 saturated heterocycles. The summed E-state index contributed by atoms with van der Waals surface area (Å²) in [5.74, 6) is 1.14. The van der Waals surface area contributed by atoms with E-state index in [9.17, 15) is 4.79 Å². The average molecular weight is 441 g/mol. The van der Waals surface area contributed by atoms with Crippen LogP contribution in [0.2, 0.25) is 0 Å². The van der Waals surface area contributed by atoms with Gasteiger partial charge in [-0.1, -0.05) is 13.8 Å². The smallest absolute Gasteiger partial charge is 0.291 e. The number of furan rings is 1. The van der Waals surface area contributed by atoms with Crippen LogP contribution in [0.25, 0.3) is 11.0 Å². The molecule has 8 nitrogen and oxygen atoms in total.